The summed E-state index contributed by atoms with van der Waals surface area (Å²) < 4.78 is 17.0. The average Bonchev–Trinajstić information content (AvgIpc) is 3.12. The molecule has 0 aliphatic rings. The number of nitroso groups, excluding NO2 is 1. The highest BCUT2D eigenvalue weighted by Crippen LogP contribution is 2.37. The summed E-state index contributed by atoms with van der Waals surface area (Å²) in [6, 6.07) is 11.1. The highest BCUT2D eigenvalue weighted by molar-refractivity contribution is 9.10. The molecule has 3 aromatic rings. The van der Waals surface area contributed by atoms with Crippen LogP contribution in [-0.2, 0) is 9.47 Å². The Labute approximate surface area is 180 Å². The number of nitrogens with zero attached hydrogens (tertiary/aromatic N) is 2. The number of ether oxygens (including phenoxy) is 2. The van der Waals surface area contributed by atoms with Gasteiger partial charge in [0.05, 0.1) is 19.8 Å². The molecule has 1 aromatic heterocycles. The summed E-state index contributed by atoms with van der Waals surface area (Å²) in [5.41, 5.74) is 1.22. The van der Waals surface area contributed by atoms with Gasteiger partial charge >= 0.3 is 6.09 Å². The van der Waals surface area contributed by atoms with Gasteiger partial charge in [-0.2, -0.15) is 0 Å². The first-order chi connectivity index (χ1) is 14.5. The van der Waals surface area contributed by atoms with Gasteiger partial charge in [-0.1, -0.05) is 15.9 Å². The van der Waals surface area contributed by atoms with Crippen molar-refractivity contribution in [3.8, 4) is 0 Å². The van der Waals surface area contributed by atoms with Crippen LogP contribution in [0.2, 0.25) is 0 Å². The summed E-state index contributed by atoms with van der Waals surface area (Å²) in [5, 5.41) is 3.42. The maximum absolute atomic E-state index is 13.3. The van der Waals surface area contributed by atoms with E-state index in [1.54, 1.807) is 25.1 Å². The molecule has 8 nitrogen and oxygen atoms in total. The van der Waals surface area contributed by atoms with Gasteiger partial charge in [0.2, 0.25) is 5.78 Å². The molecule has 0 atom stereocenters. The van der Waals surface area contributed by atoms with Crippen molar-refractivity contribution >= 4 is 50.2 Å². The quantitative estimate of drug-likeness (QED) is 0.318. The number of amides is 1. The summed E-state index contributed by atoms with van der Waals surface area (Å²) in [7, 11) is 1.52. The van der Waals surface area contributed by atoms with Crippen LogP contribution in [0.25, 0.3) is 11.0 Å². The van der Waals surface area contributed by atoms with Gasteiger partial charge in [0.1, 0.15) is 17.0 Å². The first kappa shape index (κ1) is 21.7. The Hall–Kier alpha value is -3.04. The van der Waals surface area contributed by atoms with Crippen molar-refractivity contribution in [3.05, 3.63) is 63.2 Å². The van der Waals surface area contributed by atoms with E-state index in [-0.39, 0.29) is 36.8 Å². The first-order valence-corrected chi connectivity index (χ1v) is 9.92. The van der Waals surface area contributed by atoms with E-state index in [9.17, 15) is 14.5 Å². The van der Waals surface area contributed by atoms with Crippen LogP contribution in [0.15, 0.2) is 56.5 Å². The van der Waals surface area contributed by atoms with E-state index in [4.69, 9.17) is 13.9 Å². The Kier molecular flexibility index (Phi) is 6.96. The van der Waals surface area contributed by atoms with Crippen LogP contribution in [0.3, 0.4) is 0 Å². The lowest BCUT2D eigenvalue weighted by Gasteiger charge is -2.21. The molecular formula is C21H19BrN2O6. The molecule has 0 saturated carbocycles. The third-order valence-electron chi connectivity index (χ3n) is 4.34. The fourth-order valence-corrected chi connectivity index (χ4v) is 3.30. The van der Waals surface area contributed by atoms with Gasteiger partial charge in [-0.25, -0.2) is 4.79 Å². The summed E-state index contributed by atoms with van der Waals surface area (Å²) in [6.45, 7) is 2.27. The lowest BCUT2D eigenvalue weighted by molar-refractivity contribution is 0.101. The highest BCUT2D eigenvalue weighted by atomic mass is 79.9. The average molecular weight is 475 g/mol. The molecule has 0 unspecified atom stereocenters. The molecule has 3 rings (SSSR count). The molecule has 0 aliphatic carbocycles. The minimum absolute atomic E-state index is 0.0148. The van der Waals surface area contributed by atoms with Crippen LogP contribution in [0, 0.1) is 4.91 Å². The van der Waals surface area contributed by atoms with Crippen molar-refractivity contribution in [2.24, 2.45) is 5.18 Å². The lowest BCUT2D eigenvalue weighted by Crippen LogP contribution is -2.35. The number of benzene rings is 2. The minimum Gasteiger partial charge on any atom is -0.450 e. The molecule has 0 saturated heterocycles. The molecule has 30 heavy (non-hydrogen) atoms. The highest BCUT2D eigenvalue weighted by Gasteiger charge is 2.30. The Morgan fingerprint density at radius 2 is 1.90 bits per heavy atom. The van der Waals surface area contributed by atoms with E-state index < -0.39 is 11.9 Å². The Bertz CT molecular complexity index is 1080. The van der Waals surface area contributed by atoms with E-state index in [1.165, 1.54) is 36.3 Å². The fourth-order valence-electron chi connectivity index (χ4n) is 2.96. The zero-order valence-corrected chi connectivity index (χ0v) is 18.0. The van der Waals surface area contributed by atoms with Crippen molar-refractivity contribution in [3.63, 3.8) is 0 Å². The molecule has 156 valence electrons. The molecule has 0 bridgehead atoms. The molecule has 0 N–H and O–H groups in total. The number of halogens is 1. The Morgan fingerprint density at radius 3 is 2.53 bits per heavy atom. The SMILES string of the molecule is CCOC(=O)N(CCOC)c1c(C(=O)c2ccc(N=O)cc2)oc2cc(Br)ccc12. The molecule has 2 aromatic carbocycles. The van der Waals surface area contributed by atoms with Crippen molar-refractivity contribution < 1.29 is 23.5 Å². The van der Waals surface area contributed by atoms with Crippen LogP contribution >= 0.6 is 15.9 Å². The second kappa shape index (κ2) is 9.64. The van der Waals surface area contributed by atoms with Crippen LogP contribution in [-0.4, -0.2) is 38.7 Å². The second-order valence-electron chi connectivity index (χ2n) is 6.23. The molecular weight excluding hydrogens is 456 g/mol. The third kappa shape index (κ3) is 4.42. The Balaban J connectivity index is 2.17. The van der Waals surface area contributed by atoms with Gasteiger partial charge in [-0.3, -0.25) is 9.69 Å². The molecule has 0 radical (unpaired) electrons. The predicted molar refractivity (Wildman–Crippen MR) is 115 cm³/mol. The number of methoxy groups -OCH3 is 1. The van der Waals surface area contributed by atoms with Crippen molar-refractivity contribution in [2.45, 2.75) is 6.92 Å². The molecule has 0 fully saturated rings. The summed E-state index contributed by atoms with van der Waals surface area (Å²) >= 11 is 3.39. The zero-order chi connectivity index (χ0) is 21.7. The smallest absolute Gasteiger partial charge is 0.414 e. The molecule has 9 heteroatoms. The van der Waals surface area contributed by atoms with Crippen LogP contribution in [0.1, 0.15) is 23.0 Å². The number of carbonyl (C=O) groups is 2. The third-order valence-corrected chi connectivity index (χ3v) is 4.84. The second-order valence-corrected chi connectivity index (χ2v) is 7.15. The van der Waals surface area contributed by atoms with E-state index in [0.717, 1.165) is 4.47 Å². The predicted octanol–water partition coefficient (Wildman–Crippen LogP) is 5.43. The number of ketones is 1. The van der Waals surface area contributed by atoms with Crippen LogP contribution in [0.4, 0.5) is 16.2 Å². The van der Waals surface area contributed by atoms with Crippen molar-refractivity contribution in [1.82, 2.24) is 0 Å². The van der Waals surface area contributed by atoms with Gasteiger partial charge in [-0.05, 0) is 54.6 Å². The molecule has 1 heterocycles. The number of carbonyl (C=O) groups excluding carboxylic acids is 2. The van der Waals surface area contributed by atoms with Crippen molar-refractivity contribution in [1.29, 1.82) is 0 Å². The number of furan rings is 1. The number of anilines is 1. The van der Waals surface area contributed by atoms with E-state index in [0.29, 0.717) is 16.7 Å². The van der Waals surface area contributed by atoms with E-state index in [1.807, 2.05) is 0 Å². The molecule has 1 amide bonds. The largest absolute Gasteiger partial charge is 0.450 e. The van der Waals surface area contributed by atoms with Gasteiger partial charge in [-0.15, -0.1) is 4.91 Å². The van der Waals surface area contributed by atoms with Gasteiger partial charge in [0, 0.05) is 22.5 Å². The normalized spacial score (nSPS) is 10.8. The summed E-state index contributed by atoms with van der Waals surface area (Å²) in [4.78, 5) is 37.9. The molecule has 0 spiro atoms. The van der Waals surface area contributed by atoms with Crippen LogP contribution < -0.4 is 4.90 Å². The maximum atomic E-state index is 13.3. The molecule has 0 aliphatic heterocycles. The summed E-state index contributed by atoms with van der Waals surface area (Å²) in [5.74, 6) is -0.458. The van der Waals surface area contributed by atoms with Gasteiger partial charge in [0.15, 0.2) is 5.76 Å². The van der Waals surface area contributed by atoms with Gasteiger partial charge in [0.25, 0.3) is 0 Å². The zero-order valence-electron chi connectivity index (χ0n) is 16.4. The standard InChI is InChI=1S/C21H19BrN2O6/c1-3-29-21(26)24(10-11-28-2)18-16-9-6-14(22)12-17(16)30-20(18)19(25)13-4-7-15(23-27)8-5-13/h4-9,12H,3,10-11H2,1-2H3. The van der Waals surface area contributed by atoms with Crippen LogP contribution in [0.5, 0.6) is 0 Å². The number of hydrogen-bond acceptors (Lipinski definition) is 7. The van der Waals surface area contributed by atoms with E-state index in [2.05, 4.69) is 21.1 Å². The van der Waals surface area contributed by atoms with Gasteiger partial charge < -0.3 is 13.9 Å². The minimum atomic E-state index is -0.616. The topological polar surface area (TPSA) is 98.4 Å². The van der Waals surface area contributed by atoms with E-state index >= 15 is 0 Å². The van der Waals surface area contributed by atoms with Crippen molar-refractivity contribution in [2.75, 3.05) is 31.8 Å². The lowest BCUT2D eigenvalue weighted by atomic mass is 10.1. The summed E-state index contributed by atoms with van der Waals surface area (Å²) in [6.07, 6.45) is -0.616. The Morgan fingerprint density at radius 1 is 1.17 bits per heavy atom. The first-order valence-electron chi connectivity index (χ1n) is 9.13. The fraction of sp³-hybridized carbons (Fsp3) is 0.238. The number of rotatable bonds is 8. The maximum Gasteiger partial charge on any atom is 0.414 e. The number of hydrogen-bond donors (Lipinski definition) is 0. The number of fused-ring (bicyclic) bond motifs is 1. The monoisotopic (exact) mass is 474 g/mol.